The maximum absolute atomic E-state index is 12.7. The van der Waals surface area contributed by atoms with Crippen LogP contribution in [0.3, 0.4) is 0 Å². The molecule has 24 heteroatoms. The number of aliphatic hydroxyl groups excluding tert-OH is 2. The highest BCUT2D eigenvalue weighted by molar-refractivity contribution is 5.86. The van der Waals surface area contributed by atoms with Crippen LogP contribution in [-0.2, 0) is 33.4 Å². The summed E-state index contributed by atoms with van der Waals surface area (Å²) in [6.45, 7) is 13.1. The summed E-state index contributed by atoms with van der Waals surface area (Å²) in [4.78, 5) is 44.4. The second-order valence-electron chi connectivity index (χ2n) is 16.7. The normalized spacial score (nSPS) is 21.7. The van der Waals surface area contributed by atoms with Gasteiger partial charge in [0.1, 0.15) is 11.2 Å². The number of esters is 3. The van der Waals surface area contributed by atoms with Crippen LogP contribution in [0.15, 0.2) is 25.3 Å². The van der Waals surface area contributed by atoms with Crippen molar-refractivity contribution in [2.45, 2.75) is 163 Å². The van der Waals surface area contributed by atoms with Gasteiger partial charge in [0.15, 0.2) is 16.2 Å². The quantitative estimate of drug-likeness (QED) is 0.0540. The van der Waals surface area contributed by atoms with Gasteiger partial charge in [0, 0.05) is 13.0 Å². The molecule has 2 N–H and O–H groups in total. The second kappa shape index (κ2) is 28.2. The summed E-state index contributed by atoms with van der Waals surface area (Å²) in [5.41, 5.74) is -11.2. The number of alkyl halides is 15. The van der Waals surface area contributed by atoms with Gasteiger partial charge in [0.2, 0.25) is 0 Å². The van der Waals surface area contributed by atoms with Crippen molar-refractivity contribution >= 4 is 23.7 Å². The first-order chi connectivity index (χ1) is 30.2. The lowest BCUT2D eigenvalue weighted by molar-refractivity contribution is -0.239. The zero-order valence-corrected chi connectivity index (χ0v) is 38.7. The molecule has 5 unspecified atom stereocenters. The number of halogens is 15. The molecule has 1 saturated carbocycles. The summed E-state index contributed by atoms with van der Waals surface area (Å²) in [5, 5.41) is 17.1. The topological polar surface area (TPSA) is 136 Å². The van der Waals surface area contributed by atoms with Crippen LogP contribution in [-0.4, -0.2) is 97.8 Å². The first-order valence-corrected chi connectivity index (χ1v) is 21.0. The average Bonchev–Trinajstić information content (AvgIpc) is 3.20. The van der Waals surface area contributed by atoms with Crippen LogP contribution in [0.1, 0.15) is 132 Å². The molecule has 0 amide bonds. The zero-order chi connectivity index (χ0) is 53.6. The molecule has 0 aromatic heterocycles. The fourth-order valence-corrected chi connectivity index (χ4v) is 5.60. The van der Waals surface area contributed by atoms with Crippen molar-refractivity contribution in [1.29, 1.82) is 0 Å². The van der Waals surface area contributed by atoms with E-state index in [1.807, 2.05) is 0 Å². The van der Waals surface area contributed by atoms with Crippen LogP contribution in [0.25, 0.3) is 0 Å². The minimum absolute atomic E-state index is 0.0463. The van der Waals surface area contributed by atoms with Gasteiger partial charge in [-0.3, -0.25) is 19.2 Å². The minimum atomic E-state index is -4.63. The minimum Gasteiger partial charge on any atom is -0.465 e. The number of rotatable bonds is 15. The van der Waals surface area contributed by atoms with E-state index in [1.165, 1.54) is 26.0 Å². The third-order valence-electron chi connectivity index (χ3n) is 11.3. The molecule has 2 rings (SSSR count). The number of ether oxygens (including phenoxy) is 3. The van der Waals surface area contributed by atoms with E-state index in [1.54, 1.807) is 0 Å². The van der Waals surface area contributed by atoms with Crippen molar-refractivity contribution in [1.82, 2.24) is 0 Å². The highest BCUT2D eigenvalue weighted by Crippen LogP contribution is 2.48. The van der Waals surface area contributed by atoms with Crippen molar-refractivity contribution in [3.8, 4) is 0 Å². The summed E-state index contributed by atoms with van der Waals surface area (Å²) < 4.78 is 200. The van der Waals surface area contributed by atoms with E-state index < -0.39 is 88.3 Å². The molecule has 67 heavy (non-hydrogen) atoms. The second-order valence-corrected chi connectivity index (χ2v) is 16.7. The fourth-order valence-electron chi connectivity index (χ4n) is 5.60. The third kappa shape index (κ3) is 20.1. The van der Waals surface area contributed by atoms with Gasteiger partial charge in [0.05, 0.1) is 31.8 Å². The van der Waals surface area contributed by atoms with Crippen LogP contribution < -0.4 is 0 Å². The Balaban J connectivity index is -0.000000768. The number of unbranched alkanes of at least 4 members (excludes halogenated alkanes) is 1. The summed E-state index contributed by atoms with van der Waals surface area (Å²) in [5.74, 6) is -4.28. The maximum atomic E-state index is 12.7. The number of Topliss-reactive ketones (excluding diaryl/α,β-unsaturated/α-hetero) is 1. The molecule has 1 heterocycles. The Hall–Kier alpha value is -3.57. The predicted octanol–water partition coefficient (Wildman–Crippen LogP) is 12.5. The van der Waals surface area contributed by atoms with Crippen LogP contribution in [0.2, 0.25) is 0 Å². The molecule has 1 saturated heterocycles. The van der Waals surface area contributed by atoms with Gasteiger partial charge >= 0.3 is 48.8 Å². The van der Waals surface area contributed by atoms with Crippen LogP contribution in [0.4, 0.5) is 65.9 Å². The number of ketones is 1. The molecule has 0 spiro atoms. The van der Waals surface area contributed by atoms with Crippen LogP contribution in [0, 0.1) is 27.1 Å². The number of allylic oxidation sites excluding steroid dienone is 2. The van der Waals surface area contributed by atoms with Crippen molar-refractivity contribution < 1.29 is 109 Å². The molecular weight excluding hydrogens is 945 g/mol. The van der Waals surface area contributed by atoms with Gasteiger partial charge in [-0.15, -0.1) is 13.2 Å². The number of hydrogen-bond acceptors (Lipinski definition) is 9. The van der Waals surface area contributed by atoms with Crippen molar-refractivity contribution in [3.05, 3.63) is 25.3 Å². The lowest BCUT2D eigenvalue weighted by Crippen LogP contribution is -2.46. The SMILES string of the molecule is C=CCCC(C)(C(=O)OCC)C(F)(F)F.C=CCCC(C)(CO)C(F)(F)F.CC1(C(F)(F)F)CCCCC1=O.CC1(C(F)(F)F)CCCOC1=O.CCOC(=O)C(C)(CCCCO)C(F)(F)F. The third-order valence-corrected chi connectivity index (χ3v) is 11.3. The molecule has 2 aliphatic rings. The Kier molecular flexibility index (Phi) is 28.5. The number of hydrogen-bond donors (Lipinski definition) is 2. The van der Waals surface area contributed by atoms with Gasteiger partial charge < -0.3 is 24.4 Å². The van der Waals surface area contributed by atoms with E-state index in [0.29, 0.717) is 12.8 Å². The van der Waals surface area contributed by atoms with Gasteiger partial charge in [-0.05, 0) is 119 Å². The van der Waals surface area contributed by atoms with E-state index >= 15 is 0 Å². The maximum Gasteiger partial charge on any atom is 0.404 e. The lowest BCUT2D eigenvalue weighted by atomic mass is 9.74. The Morgan fingerprint density at radius 2 is 1.06 bits per heavy atom. The molecule has 0 aromatic rings. The molecule has 1 aliphatic heterocycles. The number of carbonyl (C=O) groups is 4. The van der Waals surface area contributed by atoms with Gasteiger partial charge in [0.25, 0.3) is 0 Å². The van der Waals surface area contributed by atoms with Crippen molar-refractivity contribution in [2.24, 2.45) is 27.1 Å². The highest BCUT2D eigenvalue weighted by atomic mass is 19.4. The first kappa shape index (κ1) is 67.7. The van der Waals surface area contributed by atoms with E-state index in [4.69, 9.17) is 10.2 Å². The van der Waals surface area contributed by atoms with Gasteiger partial charge in [-0.2, -0.15) is 65.9 Å². The zero-order valence-electron chi connectivity index (χ0n) is 38.7. The van der Waals surface area contributed by atoms with E-state index in [0.717, 1.165) is 34.6 Å². The lowest BCUT2D eigenvalue weighted by Gasteiger charge is -2.33. The summed E-state index contributed by atoms with van der Waals surface area (Å²) in [6, 6.07) is 0. The Bertz CT molecular complexity index is 1480. The first-order valence-electron chi connectivity index (χ1n) is 21.0. The Morgan fingerprint density at radius 3 is 1.36 bits per heavy atom. The number of cyclic esters (lactones) is 1. The van der Waals surface area contributed by atoms with Crippen molar-refractivity contribution in [2.75, 3.05) is 33.0 Å². The molecule has 0 bridgehead atoms. The monoisotopic (exact) mass is 1010 g/mol. The van der Waals surface area contributed by atoms with E-state index in [-0.39, 0.29) is 97.1 Å². The van der Waals surface area contributed by atoms with Gasteiger partial charge in [-0.1, -0.05) is 18.6 Å². The molecule has 396 valence electrons. The number of carbonyl (C=O) groups excluding carboxylic acids is 4. The Labute approximate surface area is 381 Å². The molecule has 1 aliphatic carbocycles. The highest BCUT2D eigenvalue weighted by Gasteiger charge is 2.60. The van der Waals surface area contributed by atoms with Gasteiger partial charge in [-0.25, -0.2) is 0 Å². The van der Waals surface area contributed by atoms with Crippen LogP contribution >= 0.6 is 0 Å². The predicted molar refractivity (Wildman–Crippen MR) is 215 cm³/mol. The fraction of sp³-hybridized carbons (Fsp3) is 0.814. The smallest absolute Gasteiger partial charge is 0.404 e. The standard InChI is InChI=1S/C10H17F3O3.C10H15F3O2.C8H11F3O.C8H13F3O.C7H9F3O2/c1-3-16-8(15)9(2,10(11,12)13)6-4-5-7-14;1-4-6-7-9(3,10(11,12)13)8(14)15-5-2;1-7(8(9,10)11)5-3-2-4-6(7)12;1-3-4-5-7(2,6-12)8(9,10)11;1-6(7(8,9)10)3-2-4-12-5(6)11/h14H,3-7H2,1-2H3;4H,1,5-7H2,2-3H3;2-5H2,1H3;3,12H,1,4-6H2,2H3;2-4H2,1H3. The summed E-state index contributed by atoms with van der Waals surface area (Å²) in [7, 11) is 0. The Morgan fingerprint density at radius 1 is 0.642 bits per heavy atom. The van der Waals surface area contributed by atoms with Crippen LogP contribution in [0.5, 0.6) is 0 Å². The molecule has 9 nitrogen and oxygen atoms in total. The average molecular weight is 1010 g/mol. The molecule has 2 fully saturated rings. The summed E-state index contributed by atoms with van der Waals surface area (Å²) in [6.07, 6.45) is -18.5. The van der Waals surface area contributed by atoms with E-state index in [9.17, 15) is 85.0 Å². The van der Waals surface area contributed by atoms with E-state index in [2.05, 4.69) is 27.4 Å². The number of aliphatic hydroxyl groups is 2. The molecule has 5 atom stereocenters. The molecular formula is C43H65F15O9. The molecule has 0 aromatic carbocycles. The molecule has 0 radical (unpaired) electrons. The summed E-state index contributed by atoms with van der Waals surface area (Å²) >= 11 is 0. The van der Waals surface area contributed by atoms with Crippen molar-refractivity contribution in [3.63, 3.8) is 0 Å². The largest absolute Gasteiger partial charge is 0.465 e.